The normalized spacial score (nSPS) is 18.1. The molecule has 1 aromatic heterocycles. The van der Waals surface area contributed by atoms with E-state index in [1.165, 1.54) is 4.31 Å². The third-order valence-corrected chi connectivity index (χ3v) is 6.26. The Morgan fingerprint density at radius 2 is 2.00 bits per heavy atom. The van der Waals surface area contributed by atoms with Crippen LogP contribution in [0, 0.1) is 18.3 Å². The molecule has 0 radical (unpaired) electrons. The highest BCUT2D eigenvalue weighted by Gasteiger charge is 2.48. The highest BCUT2D eigenvalue weighted by Crippen LogP contribution is 2.35. The molecule has 3 rings (SSSR count). The summed E-state index contributed by atoms with van der Waals surface area (Å²) in [7, 11) is -1.85. The molecule has 1 aliphatic rings. The van der Waals surface area contributed by atoms with Gasteiger partial charge in [0.2, 0.25) is 10.0 Å². The summed E-state index contributed by atoms with van der Waals surface area (Å²) < 4.78 is 28.8. The van der Waals surface area contributed by atoms with E-state index >= 15 is 0 Å². The fraction of sp³-hybridized carbons (Fsp3) is 0.400. The third-order valence-electron chi connectivity index (χ3n) is 4.29. The van der Waals surface area contributed by atoms with Crippen LogP contribution in [0.15, 0.2) is 29.2 Å². The summed E-state index contributed by atoms with van der Waals surface area (Å²) in [6.07, 6.45) is -0.0620. The summed E-state index contributed by atoms with van der Waals surface area (Å²) in [6, 6.07) is 9.24. The van der Waals surface area contributed by atoms with Crippen LogP contribution in [0.1, 0.15) is 12.1 Å². The molecular formula is C15H17N3O3S. The van der Waals surface area contributed by atoms with Crippen LogP contribution in [0.4, 0.5) is 0 Å². The second-order valence-corrected chi connectivity index (χ2v) is 7.70. The molecule has 1 aromatic carbocycles. The van der Waals surface area contributed by atoms with Crippen molar-refractivity contribution in [3.05, 3.63) is 30.0 Å². The van der Waals surface area contributed by atoms with Gasteiger partial charge in [0.25, 0.3) is 0 Å². The van der Waals surface area contributed by atoms with Crippen LogP contribution in [-0.2, 0) is 17.1 Å². The Bertz CT molecular complexity index is 887. The molecule has 116 valence electrons. The Labute approximate surface area is 129 Å². The van der Waals surface area contributed by atoms with Gasteiger partial charge in [0.1, 0.15) is 10.5 Å². The summed E-state index contributed by atoms with van der Waals surface area (Å²) in [5.41, 5.74) is 0.295. The Hall–Kier alpha value is -1.88. The van der Waals surface area contributed by atoms with Crippen LogP contribution < -0.4 is 0 Å². The Kier molecular flexibility index (Phi) is 3.29. The van der Waals surface area contributed by atoms with Gasteiger partial charge in [-0.15, -0.1) is 0 Å². The van der Waals surface area contributed by atoms with Crippen molar-refractivity contribution in [1.29, 1.82) is 5.26 Å². The Balaban J connectivity index is 2.05. The van der Waals surface area contributed by atoms with E-state index in [1.807, 2.05) is 35.9 Å². The summed E-state index contributed by atoms with van der Waals surface area (Å²) >= 11 is 0. The zero-order valence-electron chi connectivity index (χ0n) is 12.4. The minimum Gasteiger partial charge on any atom is -0.386 e. The lowest BCUT2D eigenvalue weighted by molar-refractivity contribution is -0.0546. The first-order valence-corrected chi connectivity index (χ1v) is 8.38. The molecule has 1 aliphatic heterocycles. The van der Waals surface area contributed by atoms with Crippen molar-refractivity contribution in [2.75, 3.05) is 13.1 Å². The maximum absolute atomic E-state index is 12.9. The van der Waals surface area contributed by atoms with Crippen LogP contribution in [0.3, 0.4) is 0 Å². The number of rotatable bonds is 3. The third kappa shape index (κ3) is 2.03. The van der Waals surface area contributed by atoms with Gasteiger partial charge in [-0.3, -0.25) is 0 Å². The molecule has 0 unspecified atom stereocenters. The Morgan fingerprint density at radius 1 is 1.36 bits per heavy atom. The van der Waals surface area contributed by atoms with Crippen molar-refractivity contribution in [1.82, 2.24) is 8.87 Å². The highest BCUT2D eigenvalue weighted by molar-refractivity contribution is 7.89. The quantitative estimate of drug-likeness (QED) is 0.919. The smallest absolute Gasteiger partial charge is 0.245 e. The highest BCUT2D eigenvalue weighted by atomic mass is 32.2. The molecule has 0 aliphatic carbocycles. The van der Waals surface area contributed by atoms with Gasteiger partial charge in [0, 0.05) is 36.7 Å². The largest absolute Gasteiger partial charge is 0.386 e. The number of hydrogen-bond acceptors (Lipinski definition) is 4. The summed E-state index contributed by atoms with van der Waals surface area (Å²) in [5.74, 6) is 0. The Morgan fingerprint density at radius 3 is 2.64 bits per heavy atom. The van der Waals surface area contributed by atoms with Crippen molar-refractivity contribution in [2.24, 2.45) is 7.05 Å². The fourth-order valence-electron chi connectivity index (χ4n) is 2.98. The van der Waals surface area contributed by atoms with Crippen molar-refractivity contribution >= 4 is 20.9 Å². The molecule has 1 fully saturated rings. The van der Waals surface area contributed by atoms with E-state index in [0.29, 0.717) is 11.1 Å². The van der Waals surface area contributed by atoms with Gasteiger partial charge in [-0.25, -0.2) is 8.42 Å². The standard InChI is InChI=1S/C15H17N3O3S/c1-11-14(12-5-3-4-6-13(12)17(11)2)22(20,21)18-9-15(19,10-18)7-8-16/h3-6,19H,7,9-10H2,1-2H3. The number of para-hydroxylation sites is 1. The lowest BCUT2D eigenvalue weighted by atomic mass is 9.94. The van der Waals surface area contributed by atoms with Crippen LogP contribution >= 0.6 is 0 Å². The molecule has 2 heterocycles. The number of aromatic nitrogens is 1. The monoisotopic (exact) mass is 319 g/mol. The average molecular weight is 319 g/mol. The molecule has 0 atom stereocenters. The number of fused-ring (bicyclic) bond motifs is 1. The van der Waals surface area contributed by atoms with Crippen molar-refractivity contribution in [3.63, 3.8) is 0 Å². The van der Waals surface area contributed by atoms with E-state index in [9.17, 15) is 13.5 Å². The molecule has 0 spiro atoms. The van der Waals surface area contributed by atoms with Crippen molar-refractivity contribution in [3.8, 4) is 6.07 Å². The molecule has 7 heteroatoms. The molecule has 1 N–H and O–H groups in total. The molecule has 0 bridgehead atoms. The predicted octanol–water partition coefficient (Wildman–Crippen LogP) is 1.14. The van der Waals surface area contributed by atoms with Crippen molar-refractivity contribution in [2.45, 2.75) is 23.8 Å². The zero-order chi connectivity index (χ0) is 16.1. The van der Waals surface area contributed by atoms with Gasteiger partial charge >= 0.3 is 0 Å². The topological polar surface area (TPSA) is 86.3 Å². The first kappa shape index (κ1) is 15.0. The van der Waals surface area contributed by atoms with Gasteiger partial charge < -0.3 is 9.67 Å². The summed E-state index contributed by atoms with van der Waals surface area (Å²) in [4.78, 5) is 0.282. The second kappa shape index (κ2) is 4.81. The molecule has 0 saturated carbocycles. The lowest BCUT2D eigenvalue weighted by Crippen LogP contribution is -2.63. The molecule has 0 amide bonds. The molecular weight excluding hydrogens is 302 g/mol. The average Bonchev–Trinajstić information content (AvgIpc) is 2.69. The van der Waals surface area contributed by atoms with E-state index in [2.05, 4.69) is 0 Å². The number of aryl methyl sites for hydroxylation is 1. The first-order chi connectivity index (χ1) is 10.3. The van der Waals surface area contributed by atoms with Crippen LogP contribution in [0.5, 0.6) is 0 Å². The predicted molar refractivity (Wildman–Crippen MR) is 81.6 cm³/mol. The maximum atomic E-state index is 12.9. The fourth-order valence-corrected chi connectivity index (χ4v) is 5.02. The van der Waals surface area contributed by atoms with E-state index in [-0.39, 0.29) is 24.4 Å². The first-order valence-electron chi connectivity index (χ1n) is 6.94. The van der Waals surface area contributed by atoms with Crippen LogP contribution in [0.2, 0.25) is 0 Å². The molecule has 22 heavy (non-hydrogen) atoms. The zero-order valence-corrected chi connectivity index (χ0v) is 13.3. The lowest BCUT2D eigenvalue weighted by Gasteiger charge is -2.44. The van der Waals surface area contributed by atoms with Crippen molar-refractivity contribution < 1.29 is 13.5 Å². The number of β-amino-alcohol motifs (C(OH)–C–C–N with tert-alkyl or cyclic N) is 1. The van der Waals surface area contributed by atoms with E-state index in [0.717, 1.165) is 5.52 Å². The number of nitriles is 1. The van der Waals surface area contributed by atoms with Gasteiger partial charge in [-0.05, 0) is 13.0 Å². The van der Waals surface area contributed by atoms with Gasteiger partial charge in [0.05, 0.1) is 12.5 Å². The van der Waals surface area contributed by atoms with E-state index < -0.39 is 15.6 Å². The minimum atomic E-state index is -3.68. The second-order valence-electron chi connectivity index (χ2n) is 5.82. The summed E-state index contributed by atoms with van der Waals surface area (Å²) in [5, 5.41) is 19.4. The van der Waals surface area contributed by atoms with Gasteiger partial charge in [0.15, 0.2) is 0 Å². The van der Waals surface area contributed by atoms with E-state index in [4.69, 9.17) is 5.26 Å². The van der Waals surface area contributed by atoms with Crippen LogP contribution in [0.25, 0.3) is 10.9 Å². The number of hydrogen-bond donors (Lipinski definition) is 1. The number of aliphatic hydroxyl groups is 1. The maximum Gasteiger partial charge on any atom is 0.245 e. The number of nitrogens with zero attached hydrogens (tertiary/aromatic N) is 3. The number of sulfonamides is 1. The summed E-state index contributed by atoms with van der Waals surface area (Å²) in [6.45, 7) is 1.70. The molecule has 6 nitrogen and oxygen atoms in total. The molecule has 2 aromatic rings. The SMILES string of the molecule is Cc1c(S(=O)(=O)N2CC(O)(CC#N)C2)c2ccccc2n1C. The minimum absolute atomic E-state index is 0.0362. The van der Waals surface area contributed by atoms with E-state index in [1.54, 1.807) is 13.0 Å². The number of benzene rings is 1. The molecule has 1 saturated heterocycles. The van der Waals surface area contributed by atoms with Gasteiger partial charge in [-0.2, -0.15) is 9.57 Å². The van der Waals surface area contributed by atoms with Crippen LogP contribution in [-0.4, -0.2) is 41.1 Å². The van der Waals surface area contributed by atoms with Gasteiger partial charge in [-0.1, -0.05) is 18.2 Å².